The van der Waals surface area contributed by atoms with Crippen molar-refractivity contribution in [3.05, 3.63) is 71.2 Å². The molecule has 1 unspecified atom stereocenters. The highest BCUT2D eigenvalue weighted by Crippen LogP contribution is 2.20. The first-order valence-electron chi connectivity index (χ1n) is 8.19. The Kier molecular flexibility index (Phi) is 5.14. The summed E-state index contributed by atoms with van der Waals surface area (Å²) in [6, 6.07) is 13.7. The fourth-order valence-electron chi connectivity index (χ4n) is 2.71. The number of halogens is 1. The van der Waals surface area contributed by atoms with Crippen LogP contribution in [0.2, 0.25) is 0 Å². The van der Waals surface area contributed by atoms with Crippen LogP contribution in [-0.2, 0) is 6.42 Å². The zero-order valence-corrected chi connectivity index (χ0v) is 14.0. The van der Waals surface area contributed by atoms with Crippen LogP contribution in [0.25, 0.3) is 11.0 Å². The van der Waals surface area contributed by atoms with E-state index in [1.165, 1.54) is 29.8 Å². The SMILES string of the molecule is Cc1ccc(CC(CO)CNC(=O)c2cc3cc(F)ccc3o2)cc1. The molecule has 3 rings (SSSR count). The molecule has 1 heterocycles. The lowest BCUT2D eigenvalue weighted by molar-refractivity contribution is 0.0914. The molecule has 4 nitrogen and oxygen atoms in total. The van der Waals surface area contributed by atoms with E-state index in [9.17, 15) is 14.3 Å². The predicted octanol–water partition coefficient (Wildman–Crippen LogP) is 3.46. The smallest absolute Gasteiger partial charge is 0.287 e. The second-order valence-corrected chi connectivity index (χ2v) is 6.24. The van der Waals surface area contributed by atoms with Crippen molar-refractivity contribution in [1.82, 2.24) is 5.32 Å². The van der Waals surface area contributed by atoms with E-state index in [4.69, 9.17) is 4.42 Å². The van der Waals surface area contributed by atoms with E-state index in [1.807, 2.05) is 31.2 Å². The molecule has 0 saturated carbocycles. The lowest BCUT2D eigenvalue weighted by atomic mass is 9.99. The highest BCUT2D eigenvalue weighted by molar-refractivity contribution is 5.96. The number of hydrogen-bond acceptors (Lipinski definition) is 3. The number of nitrogens with one attached hydrogen (secondary N) is 1. The largest absolute Gasteiger partial charge is 0.451 e. The summed E-state index contributed by atoms with van der Waals surface area (Å²) in [5.41, 5.74) is 2.75. The molecule has 3 aromatic rings. The van der Waals surface area contributed by atoms with E-state index in [0.29, 0.717) is 23.9 Å². The van der Waals surface area contributed by atoms with Crippen molar-refractivity contribution in [2.75, 3.05) is 13.2 Å². The number of carbonyl (C=O) groups excluding carboxylic acids is 1. The summed E-state index contributed by atoms with van der Waals surface area (Å²) in [6.45, 7) is 2.32. The third kappa shape index (κ3) is 4.25. The van der Waals surface area contributed by atoms with Crippen LogP contribution in [0, 0.1) is 18.7 Å². The fraction of sp³-hybridized carbons (Fsp3) is 0.250. The minimum Gasteiger partial charge on any atom is -0.451 e. The fourth-order valence-corrected chi connectivity index (χ4v) is 2.71. The van der Waals surface area contributed by atoms with Gasteiger partial charge in [-0.25, -0.2) is 4.39 Å². The minimum absolute atomic E-state index is 0.0283. The van der Waals surface area contributed by atoms with E-state index in [2.05, 4.69) is 5.32 Å². The van der Waals surface area contributed by atoms with E-state index in [1.54, 1.807) is 0 Å². The number of carbonyl (C=O) groups is 1. The number of fused-ring (bicyclic) bond motifs is 1. The topological polar surface area (TPSA) is 62.5 Å². The van der Waals surface area contributed by atoms with Crippen molar-refractivity contribution in [1.29, 1.82) is 0 Å². The second-order valence-electron chi connectivity index (χ2n) is 6.24. The van der Waals surface area contributed by atoms with Crippen LogP contribution >= 0.6 is 0 Å². The molecule has 1 atom stereocenters. The van der Waals surface area contributed by atoms with Crippen LogP contribution in [0.1, 0.15) is 21.7 Å². The molecule has 1 amide bonds. The summed E-state index contributed by atoms with van der Waals surface area (Å²) in [5, 5.41) is 12.9. The highest BCUT2D eigenvalue weighted by atomic mass is 19.1. The lowest BCUT2D eigenvalue weighted by Gasteiger charge is -2.14. The Balaban J connectivity index is 1.61. The number of rotatable bonds is 6. The predicted molar refractivity (Wildman–Crippen MR) is 94.0 cm³/mol. The van der Waals surface area contributed by atoms with E-state index < -0.39 is 0 Å². The van der Waals surface area contributed by atoms with Crippen LogP contribution in [0.4, 0.5) is 4.39 Å². The van der Waals surface area contributed by atoms with Gasteiger partial charge >= 0.3 is 0 Å². The zero-order chi connectivity index (χ0) is 17.8. The van der Waals surface area contributed by atoms with Crippen LogP contribution in [0.5, 0.6) is 0 Å². The van der Waals surface area contributed by atoms with Crippen LogP contribution in [-0.4, -0.2) is 24.2 Å². The second kappa shape index (κ2) is 7.49. The first-order valence-corrected chi connectivity index (χ1v) is 8.19. The van der Waals surface area contributed by atoms with Gasteiger partial charge in [0.05, 0.1) is 0 Å². The minimum atomic E-state index is -0.376. The summed E-state index contributed by atoms with van der Waals surface area (Å²) < 4.78 is 18.6. The molecule has 0 fully saturated rings. The summed E-state index contributed by atoms with van der Waals surface area (Å²) >= 11 is 0. The molecule has 0 aliphatic heterocycles. The average molecular weight is 341 g/mol. The molecular formula is C20H20FNO3. The van der Waals surface area contributed by atoms with Gasteiger partial charge in [0.2, 0.25) is 0 Å². The lowest BCUT2D eigenvalue weighted by Crippen LogP contribution is -2.31. The van der Waals surface area contributed by atoms with E-state index >= 15 is 0 Å². The van der Waals surface area contributed by atoms with Crippen molar-refractivity contribution in [2.24, 2.45) is 5.92 Å². The summed E-state index contributed by atoms with van der Waals surface area (Å²) in [6.07, 6.45) is 0.669. The first kappa shape index (κ1) is 17.2. The number of benzene rings is 2. The van der Waals surface area contributed by atoms with Crippen LogP contribution in [0.3, 0.4) is 0 Å². The molecule has 0 bridgehead atoms. The van der Waals surface area contributed by atoms with Crippen molar-refractivity contribution in [2.45, 2.75) is 13.3 Å². The van der Waals surface area contributed by atoms with Gasteiger partial charge in [0.1, 0.15) is 11.4 Å². The molecule has 25 heavy (non-hydrogen) atoms. The Morgan fingerprint density at radius 3 is 2.68 bits per heavy atom. The number of aryl methyl sites for hydroxylation is 1. The van der Waals surface area contributed by atoms with Crippen molar-refractivity contribution >= 4 is 16.9 Å². The molecular weight excluding hydrogens is 321 g/mol. The first-order chi connectivity index (χ1) is 12.0. The number of aliphatic hydroxyl groups is 1. The monoisotopic (exact) mass is 341 g/mol. The molecule has 0 saturated heterocycles. The molecule has 2 N–H and O–H groups in total. The Hall–Kier alpha value is -2.66. The van der Waals surface area contributed by atoms with Gasteiger partial charge in [0.25, 0.3) is 5.91 Å². The molecule has 130 valence electrons. The summed E-state index contributed by atoms with van der Waals surface area (Å²) in [5.74, 6) is -0.709. The summed E-state index contributed by atoms with van der Waals surface area (Å²) in [4.78, 5) is 12.2. The van der Waals surface area contributed by atoms with Gasteiger partial charge in [0, 0.05) is 24.5 Å². The maximum Gasteiger partial charge on any atom is 0.287 e. The highest BCUT2D eigenvalue weighted by Gasteiger charge is 2.15. The van der Waals surface area contributed by atoms with Gasteiger partial charge in [-0.2, -0.15) is 0 Å². The zero-order valence-electron chi connectivity index (χ0n) is 14.0. The van der Waals surface area contributed by atoms with Gasteiger partial charge in [0.15, 0.2) is 5.76 Å². The van der Waals surface area contributed by atoms with E-state index in [0.717, 1.165) is 5.56 Å². The number of furan rings is 1. The normalized spacial score (nSPS) is 12.3. The third-order valence-corrected chi connectivity index (χ3v) is 4.16. The molecule has 0 spiro atoms. The van der Waals surface area contributed by atoms with Gasteiger partial charge in [-0.15, -0.1) is 0 Å². The molecule has 2 aromatic carbocycles. The Bertz CT molecular complexity index is 870. The van der Waals surface area contributed by atoms with Crippen molar-refractivity contribution in [3.63, 3.8) is 0 Å². The van der Waals surface area contributed by atoms with Gasteiger partial charge in [-0.05, 0) is 43.2 Å². The van der Waals surface area contributed by atoms with Crippen molar-refractivity contribution < 1.29 is 18.7 Å². The molecule has 0 aliphatic rings. The number of hydrogen-bond donors (Lipinski definition) is 2. The van der Waals surface area contributed by atoms with Crippen molar-refractivity contribution in [3.8, 4) is 0 Å². The van der Waals surface area contributed by atoms with Gasteiger partial charge in [-0.1, -0.05) is 29.8 Å². The Labute approximate surface area is 145 Å². The standard InChI is InChI=1S/C20H20FNO3/c1-13-2-4-14(5-3-13)8-15(12-23)11-22-20(24)19-10-16-9-17(21)6-7-18(16)25-19/h2-7,9-10,15,23H,8,11-12H2,1H3,(H,22,24). The third-order valence-electron chi connectivity index (χ3n) is 4.16. The maximum absolute atomic E-state index is 13.2. The molecule has 1 aromatic heterocycles. The van der Waals surface area contributed by atoms with Crippen LogP contribution < -0.4 is 5.32 Å². The number of aliphatic hydroxyl groups excluding tert-OH is 1. The molecule has 0 radical (unpaired) electrons. The van der Waals surface area contributed by atoms with E-state index in [-0.39, 0.29) is 30.0 Å². The maximum atomic E-state index is 13.2. The van der Waals surface area contributed by atoms with Gasteiger partial charge in [-0.3, -0.25) is 4.79 Å². The Morgan fingerprint density at radius 2 is 1.96 bits per heavy atom. The number of amides is 1. The average Bonchev–Trinajstić information content (AvgIpc) is 3.03. The Morgan fingerprint density at radius 1 is 1.20 bits per heavy atom. The summed E-state index contributed by atoms with van der Waals surface area (Å²) in [7, 11) is 0. The van der Waals surface area contributed by atoms with Gasteiger partial charge < -0.3 is 14.8 Å². The molecule has 0 aliphatic carbocycles. The van der Waals surface area contributed by atoms with Crippen LogP contribution in [0.15, 0.2) is 52.9 Å². The quantitative estimate of drug-likeness (QED) is 0.722. The molecule has 5 heteroatoms.